The van der Waals surface area contributed by atoms with E-state index in [4.69, 9.17) is 9.47 Å². The number of aliphatic imine (C=N–C) groups is 1. The molecule has 0 radical (unpaired) electrons. The number of nitrogens with zero attached hydrogens (tertiary/aromatic N) is 1. The molecule has 31 heavy (non-hydrogen) atoms. The predicted molar refractivity (Wildman–Crippen MR) is 130 cm³/mol. The Balaban J connectivity index is 0.00000341. The fourth-order valence-electron chi connectivity index (χ4n) is 3.35. The Bertz CT molecular complexity index is 873. The van der Waals surface area contributed by atoms with Gasteiger partial charge in [-0.2, -0.15) is 0 Å². The molecule has 6 nitrogen and oxygen atoms in total. The van der Waals surface area contributed by atoms with Crippen LogP contribution in [0.1, 0.15) is 35.1 Å². The zero-order chi connectivity index (χ0) is 21.3. The van der Waals surface area contributed by atoms with Gasteiger partial charge in [-0.3, -0.25) is 4.99 Å². The highest BCUT2D eigenvalue weighted by atomic mass is 127. The lowest BCUT2D eigenvalue weighted by Crippen LogP contribution is -2.36. The van der Waals surface area contributed by atoms with Gasteiger partial charge in [-0.25, -0.2) is 4.39 Å². The Morgan fingerprint density at radius 3 is 2.71 bits per heavy atom. The lowest BCUT2D eigenvalue weighted by atomic mass is 10.1. The van der Waals surface area contributed by atoms with Crippen LogP contribution >= 0.6 is 24.0 Å². The van der Waals surface area contributed by atoms with Crippen LogP contribution in [0.15, 0.2) is 41.4 Å². The quantitative estimate of drug-likeness (QED) is 0.269. The summed E-state index contributed by atoms with van der Waals surface area (Å²) in [5, 5.41) is 15.7. The molecule has 0 spiro atoms. The van der Waals surface area contributed by atoms with Crippen molar-refractivity contribution in [3.8, 4) is 5.75 Å². The molecule has 8 heteroatoms. The van der Waals surface area contributed by atoms with Crippen molar-refractivity contribution in [3.63, 3.8) is 0 Å². The zero-order valence-electron chi connectivity index (χ0n) is 18.0. The molecule has 2 aromatic rings. The third kappa shape index (κ3) is 7.62. The Morgan fingerprint density at radius 2 is 2.00 bits per heavy atom. The maximum Gasteiger partial charge on any atom is 0.191 e. The van der Waals surface area contributed by atoms with Gasteiger partial charge in [0.2, 0.25) is 0 Å². The van der Waals surface area contributed by atoms with E-state index < -0.39 is 5.82 Å². The number of guanidine groups is 1. The molecule has 1 atom stereocenters. The first-order valence-corrected chi connectivity index (χ1v) is 10.3. The van der Waals surface area contributed by atoms with Crippen molar-refractivity contribution in [3.05, 3.63) is 64.5 Å². The number of aryl methyl sites for hydroxylation is 1. The first-order chi connectivity index (χ1) is 14.6. The van der Waals surface area contributed by atoms with Crippen molar-refractivity contribution in [2.75, 3.05) is 20.3 Å². The van der Waals surface area contributed by atoms with Crippen molar-refractivity contribution in [2.24, 2.45) is 4.99 Å². The highest BCUT2D eigenvalue weighted by molar-refractivity contribution is 14.0. The summed E-state index contributed by atoms with van der Waals surface area (Å²) in [6.07, 6.45) is 2.30. The molecular formula is C23H31FIN3O3. The topological polar surface area (TPSA) is 75.1 Å². The van der Waals surface area contributed by atoms with Crippen LogP contribution in [-0.4, -0.2) is 37.4 Å². The number of aliphatic hydroxyl groups excluding tert-OH is 1. The first kappa shape index (κ1) is 25.4. The third-order valence-corrected chi connectivity index (χ3v) is 5.08. The number of ether oxygens (including phenoxy) is 2. The fourth-order valence-corrected chi connectivity index (χ4v) is 3.35. The maximum atomic E-state index is 13.5. The molecule has 0 bridgehead atoms. The number of hydrogen-bond acceptors (Lipinski definition) is 4. The van der Waals surface area contributed by atoms with Crippen molar-refractivity contribution in [1.82, 2.24) is 10.6 Å². The van der Waals surface area contributed by atoms with E-state index in [1.807, 2.05) is 19.1 Å². The summed E-state index contributed by atoms with van der Waals surface area (Å²) in [6.45, 7) is 4.09. The molecule has 1 unspecified atom stereocenters. The minimum absolute atomic E-state index is 0. The SMILES string of the molecule is CN=C(NCc1ccc(F)c(CO)c1)NCc1ccc(C)cc1OCC1CCCO1.I. The van der Waals surface area contributed by atoms with Gasteiger partial charge in [0.05, 0.1) is 12.7 Å². The average Bonchev–Trinajstić information content (AvgIpc) is 3.28. The average molecular weight is 543 g/mol. The van der Waals surface area contributed by atoms with Crippen LogP contribution in [0.4, 0.5) is 4.39 Å². The van der Waals surface area contributed by atoms with Crippen molar-refractivity contribution >= 4 is 29.9 Å². The maximum absolute atomic E-state index is 13.5. The van der Waals surface area contributed by atoms with Gasteiger partial charge in [0.25, 0.3) is 0 Å². The van der Waals surface area contributed by atoms with E-state index in [0.717, 1.165) is 41.9 Å². The van der Waals surface area contributed by atoms with E-state index >= 15 is 0 Å². The van der Waals surface area contributed by atoms with Crippen molar-refractivity contribution < 1.29 is 19.0 Å². The molecule has 3 rings (SSSR count). The molecule has 1 saturated heterocycles. The summed E-state index contributed by atoms with van der Waals surface area (Å²) in [4.78, 5) is 4.24. The Labute approximate surface area is 200 Å². The fraction of sp³-hybridized carbons (Fsp3) is 0.435. The van der Waals surface area contributed by atoms with Gasteiger partial charge in [-0.1, -0.05) is 18.2 Å². The molecule has 1 heterocycles. The monoisotopic (exact) mass is 543 g/mol. The zero-order valence-corrected chi connectivity index (χ0v) is 20.3. The number of aliphatic hydroxyl groups is 1. The van der Waals surface area contributed by atoms with Crippen LogP contribution in [0.2, 0.25) is 0 Å². The van der Waals surface area contributed by atoms with Gasteiger partial charge in [0.1, 0.15) is 18.2 Å². The summed E-state index contributed by atoms with van der Waals surface area (Å²) < 4.78 is 25.2. The summed E-state index contributed by atoms with van der Waals surface area (Å²) >= 11 is 0. The van der Waals surface area contributed by atoms with Crippen LogP contribution in [-0.2, 0) is 24.4 Å². The molecule has 170 valence electrons. The molecule has 0 aliphatic carbocycles. The Hall–Kier alpha value is -1.91. The van der Waals surface area contributed by atoms with E-state index in [2.05, 4.69) is 21.7 Å². The number of halogens is 2. The van der Waals surface area contributed by atoms with Gasteiger partial charge in [0, 0.05) is 37.9 Å². The standard InChI is InChI=1S/C23H30FN3O3.HI/c1-16-5-7-18(22(10-16)30-15-20-4-3-9-29-20)13-27-23(25-2)26-12-17-6-8-21(24)19(11-17)14-28;/h5-8,10-11,20,28H,3-4,9,12-15H2,1-2H3,(H2,25,26,27);1H. The smallest absolute Gasteiger partial charge is 0.191 e. The molecule has 0 saturated carbocycles. The molecule has 1 aliphatic rings. The van der Waals surface area contributed by atoms with Gasteiger partial charge >= 0.3 is 0 Å². The lowest BCUT2D eigenvalue weighted by molar-refractivity contribution is 0.0676. The second kappa shape index (κ2) is 12.8. The number of rotatable bonds is 8. The molecule has 2 aromatic carbocycles. The van der Waals surface area contributed by atoms with Gasteiger partial charge in [0.15, 0.2) is 5.96 Å². The van der Waals surface area contributed by atoms with Gasteiger partial charge < -0.3 is 25.2 Å². The van der Waals surface area contributed by atoms with Gasteiger partial charge in [-0.05, 0) is 49.1 Å². The molecular weight excluding hydrogens is 512 g/mol. The van der Waals surface area contributed by atoms with E-state index in [1.165, 1.54) is 6.07 Å². The summed E-state index contributed by atoms with van der Waals surface area (Å²) in [5.74, 6) is 1.06. The third-order valence-electron chi connectivity index (χ3n) is 5.08. The molecule has 0 amide bonds. The normalized spacial score (nSPS) is 16.0. The highest BCUT2D eigenvalue weighted by Gasteiger charge is 2.17. The van der Waals surface area contributed by atoms with Crippen LogP contribution in [0.3, 0.4) is 0 Å². The summed E-state index contributed by atoms with van der Waals surface area (Å²) in [6, 6.07) is 10.8. The van der Waals surface area contributed by atoms with E-state index in [1.54, 1.807) is 19.2 Å². The van der Waals surface area contributed by atoms with E-state index in [9.17, 15) is 9.50 Å². The Kier molecular flexibility index (Phi) is 10.5. The molecule has 0 aromatic heterocycles. The van der Waals surface area contributed by atoms with Crippen LogP contribution < -0.4 is 15.4 Å². The number of benzene rings is 2. The molecule has 1 aliphatic heterocycles. The predicted octanol–water partition coefficient (Wildman–Crippen LogP) is 3.67. The first-order valence-electron chi connectivity index (χ1n) is 10.3. The van der Waals surface area contributed by atoms with Gasteiger partial charge in [-0.15, -0.1) is 24.0 Å². The van der Waals surface area contributed by atoms with Crippen molar-refractivity contribution in [2.45, 2.75) is 45.6 Å². The minimum Gasteiger partial charge on any atom is -0.491 e. The van der Waals surface area contributed by atoms with Crippen molar-refractivity contribution in [1.29, 1.82) is 0 Å². The molecule has 3 N–H and O–H groups in total. The van der Waals surface area contributed by atoms with Crippen LogP contribution in [0.25, 0.3) is 0 Å². The Morgan fingerprint density at radius 1 is 1.19 bits per heavy atom. The highest BCUT2D eigenvalue weighted by Crippen LogP contribution is 2.22. The van der Waals surface area contributed by atoms with E-state index in [0.29, 0.717) is 25.7 Å². The number of nitrogens with one attached hydrogen (secondary N) is 2. The summed E-state index contributed by atoms with van der Waals surface area (Å²) in [5.41, 5.74) is 3.31. The van der Waals surface area contributed by atoms with Crippen LogP contribution in [0.5, 0.6) is 5.75 Å². The second-order valence-corrected chi connectivity index (χ2v) is 7.42. The summed E-state index contributed by atoms with van der Waals surface area (Å²) in [7, 11) is 1.70. The minimum atomic E-state index is -0.404. The largest absolute Gasteiger partial charge is 0.491 e. The second-order valence-electron chi connectivity index (χ2n) is 7.42. The molecule has 1 fully saturated rings. The lowest BCUT2D eigenvalue weighted by Gasteiger charge is -2.17. The number of hydrogen-bond donors (Lipinski definition) is 3. The van der Waals surface area contributed by atoms with Crippen LogP contribution in [0, 0.1) is 12.7 Å². The van der Waals surface area contributed by atoms with E-state index in [-0.39, 0.29) is 42.3 Å².